The Labute approximate surface area is 128 Å². The first-order valence-electron chi connectivity index (χ1n) is 8.28. The summed E-state index contributed by atoms with van der Waals surface area (Å²) < 4.78 is 0. The fraction of sp³-hybridized carbons (Fsp3) is 0.611. The first-order valence-corrected chi connectivity index (χ1v) is 8.28. The number of nitrogens with one attached hydrogen (secondary N) is 1. The molecule has 0 unspecified atom stereocenters. The number of likely N-dealkylation sites (tertiary alicyclic amines) is 1. The Hall–Kier alpha value is -1.51. The molecule has 1 aromatic carbocycles. The average molecular weight is 288 g/mol. The van der Waals surface area contributed by atoms with Crippen LogP contribution in [0.5, 0.6) is 0 Å². The van der Waals surface area contributed by atoms with Gasteiger partial charge in [-0.3, -0.25) is 4.79 Å². The fourth-order valence-electron chi connectivity index (χ4n) is 2.78. The average Bonchev–Trinajstić information content (AvgIpc) is 2.77. The first kappa shape index (κ1) is 15.9. The van der Waals surface area contributed by atoms with E-state index >= 15 is 0 Å². The van der Waals surface area contributed by atoms with Gasteiger partial charge in [-0.15, -0.1) is 0 Å². The molecule has 116 valence electrons. The number of rotatable bonds is 5. The summed E-state index contributed by atoms with van der Waals surface area (Å²) >= 11 is 0. The number of benzene rings is 1. The maximum absolute atomic E-state index is 12.2. The molecular formula is C18H28N2O. The van der Waals surface area contributed by atoms with Crippen LogP contribution in [0, 0.1) is 0 Å². The number of amides is 1. The Morgan fingerprint density at radius 1 is 1.10 bits per heavy atom. The predicted octanol–water partition coefficient (Wildman–Crippen LogP) is 4.01. The topological polar surface area (TPSA) is 32.3 Å². The van der Waals surface area contributed by atoms with E-state index in [1.54, 1.807) is 0 Å². The molecule has 1 heterocycles. The normalized spacial score (nSPS) is 15.9. The summed E-state index contributed by atoms with van der Waals surface area (Å²) in [4.78, 5) is 14.2. The van der Waals surface area contributed by atoms with Crippen molar-refractivity contribution in [2.45, 2.75) is 51.9 Å². The van der Waals surface area contributed by atoms with Gasteiger partial charge in [0.25, 0.3) is 0 Å². The van der Waals surface area contributed by atoms with Crippen molar-refractivity contribution in [3.05, 3.63) is 29.8 Å². The van der Waals surface area contributed by atoms with Gasteiger partial charge in [0.05, 0.1) is 0 Å². The van der Waals surface area contributed by atoms with Gasteiger partial charge in [0.15, 0.2) is 0 Å². The highest BCUT2D eigenvalue weighted by molar-refractivity contribution is 5.76. The maximum atomic E-state index is 12.2. The van der Waals surface area contributed by atoms with Crippen LogP contribution in [0.15, 0.2) is 24.3 Å². The summed E-state index contributed by atoms with van der Waals surface area (Å²) in [6.07, 6.45) is 5.45. The molecule has 0 spiro atoms. The van der Waals surface area contributed by atoms with Crippen molar-refractivity contribution in [3.8, 4) is 0 Å². The molecule has 0 atom stereocenters. The van der Waals surface area contributed by atoms with Crippen LogP contribution in [0.3, 0.4) is 0 Å². The number of hydrogen-bond donors (Lipinski definition) is 1. The van der Waals surface area contributed by atoms with Gasteiger partial charge in [-0.2, -0.15) is 0 Å². The lowest BCUT2D eigenvalue weighted by atomic mass is 10.0. The van der Waals surface area contributed by atoms with Crippen molar-refractivity contribution in [2.75, 3.05) is 25.0 Å². The van der Waals surface area contributed by atoms with E-state index in [-0.39, 0.29) is 0 Å². The van der Waals surface area contributed by atoms with Crippen molar-refractivity contribution in [3.63, 3.8) is 0 Å². The van der Waals surface area contributed by atoms with Gasteiger partial charge in [0, 0.05) is 31.7 Å². The molecule has 0 saturated carbocycles. The third-order valence-corrected chi connectivity index (χ3v) is 4.20. The quantitative estimate of drug-likeness (QED) is 0.887. The zero-order valence-corrected chi connectivity index (χ0v) is 13.4. The number of carbonyl (C=O) groups excluding carboxylic acids is 1. The van der Waals surface area contributed by atoms with Gasteiger partial charge in [-0.1, -0.05) is 38.8 Å². The zero-order valence-electron chi connectivity index (χ0n) is 13.4. The van der Waals surface area contributed by atoms with Gasteiger partial charge in [0.2, 0.25) is 5.91 Å². The second-order valence-corrected chi connectivity index (χ2v) is 6.25. The fourth-order valence-corrected chi connectivity index (χ4v) is 2.78. The molecule has 0 aromatic heterocycles. The molecule has 1 aliphatic rings. The van der Waals surface area contributed by atoms with E-state index in [0.717, 1.165) is 38.2 Å². The second-order valence-electron chi connectivity index (χ2n) is 6.25. The number of carbonyl (C=O) groups is 1. The van der Waals surface area contributed by atoms with E-state index in [9.17, 15) is 4.79 Å². The summed E-state index contributed by atoms with van der Waals surface area (Å²) in [5.41, 5.74) is 2.45. The Balaban J connectivity index is 1.74. The second kappa shape index (κ2) is 8.06. The molecule has 2 rings (SSSR count). The summed E-state index contributed by atoms with van der Waals surface area (Å²) in [5, 5.41) is 3.35. The lowest BCUT2D eigenvalue weighted by Gasteiger charge is -2.20. The summed E-state index contributed by atoms with van der Waals surface area (Å²) in [6, 6.07) is 8.52. The Kier molecular flexibility index (Phi) is 6.09. The molecule has 1 N–H and O–H groups in total. The van der Waals surface area contributed by atoms with Crippen molar-refractivity contribution in [2.24, 2.45) is 0 Å². The standard InChI is InChI=1S/C18H28N2O/c1-15(2)16-7-9-17(10-8-16)19-12-11-18(21)20-13-5-3-4-6-14-20/h7-10,15,19H,3-6,11-14H2,1-2H3. The molecule has 0 bridgehead atoms. The molecule has 1 aromatic rings. The summed E-state index contributed by atoms with van der Waals surface area (Å²) in [6.45, 7) is 7.00. The Bertz CT molecular complexity index is 431. The molecule has 3 heteroatoms. The molecule has 1 saturated heterocycles. The SMILES string of the molecule is CC(C)c1ccc(NCCC(=O)N2CCCCCC2)cc1. The minimum Gasteiger partial charge on any atom is -0.385 e. The lowest BCUT2D eigenvalue weighted by molar-refractivity contribution is -0.130. The van der Waals surface area contributed by atoms with Crippen LogP contribution in [0.4, 0.5) is 5.69 Å². The highest BCUT2D eigenvalue weighted by Crippen LogP contribution is 2.17. The van der Waals surface area contributed by atoms with Gasteiger partial charge in [-0.25, -0.2) is 0 Å². The molecular weight excluding hydrogens is 260 g/mol. The van der Waals surface area contributed by atoms with E-state index in [1.165, 1.54) is 18.4 Å². The van der Waals surface area contributed by atoms with Gasteiger partial charge in [-0.05, 0) is 36.5 Å². The number of hydrogen-bond acceptors (Lipinski definition) is 2. The molecule has 1 aliphatic heterocycles. The molecule has 1 fully saturated rings. The summed E-state index contributed by atoms with van der Waals surface area (Å²) in [7, 11) is 0. The van der Waals surface area contributed by atoms with E-state index < -0.39 is 0 Å². The Morgan fingerprint density at radius 3 is 2.29 bits per heavy atom. The van der Waals surface area contributed by atoms with E-state index in [1.807, 2.05) is 4.90 Å². The first-order chi connectivity index (χ1) is 10.2. The van der Waals surface area contributed by atoms with E-state index in [0.29, 0.717) is 18.2 Å². The van der Waals surface area contributed by atoms with Gasteiger partial charge < -0.3 is 10.2 Å². The largest absolute Gasteiger partial charge is 0.385 e. The van der Waals surface area contributed by atoms with Crippen LogP contribution >= 0.6 is 0 Å². The molecule has 0 aliphatic carbocycles. The van der Waals surface area contributed by atoms with Gasteiger partial charge in [0.1, 0.15) is 0 Å². The molecule has 0 radical (unpaired) electrons. The van der Waals surface area contributed by atoms with Crippen LogP contribution in [0.25, 0.3) is 0 Å². The highest BCUT2D eigenvalue weighted by Gasteiger charge is 2.14. The van der Waals surface area contributed by atoms with Crippen molar-refractivity contribution >= 4 is 11.6 Å². The van der Waals surface area contributed by atoms with E-state index in [4.69, 9.17) is 0 Å². The third kappa shape index (κ3) is 5.07. The minimum absolute atomic E-state index is 0.295. The highest BCUT2D eigenvalue weighted by atomic mass is 16.2. The van der Waals surface area contributed by atoms with Crippen LogP contribution < -0.4 is 5.32 Å². The van der Waals surface area contributed by atoms with E-state index in [2.05, 4.69) is 43.4 Å². The minimum atomic E-state index is 0.295. The van der Waals surface area contributed by atoms with Crippen molar-refractivity contribution in [1.29, 1.82) is 0 Å². The van der Waals surface area contributed by atoms with Crippen molar-refractivity contribution < 1.29 is 4.79 Å². The van der Waals surface area contributed by atoms with Gasteiger partial charge >= 0.3 is 0 Å². The molecule has 3 nitrogen and oxygen atoms in total. The maximum Gasteiger partial charge on any atom is 0.224 e. The molecule has 1 amide bonds. The zero-order chi connectivity index (χ0) is 15.1. The van der Waals surface area contributed by atoms with Crippen LogP contribution in [-0.4, -0.2) is 30.4 Å². The molecule has 21 heavy (non-hydrogen) atoms. The number of anilines is 1. The van der Waals surface area contributed by atoms with Crippen LogP contribution in [0.1, 0.15) is 57.4 Å². The lowest BCUT2D eigenvalue weighted by Crippen LogP contribution is -2.32. The van der Waals surface area contributed by atoms with Crippen LogP contribution in [0.2, 0.25) is 0 Å². The smallest absolute Gasteiger partial charge is 0.224 e. The van der Waals surface area contributed by atoms with Crippen LogP contribution in [-0.2, 0) is 4.79 Å². The Morgan fingerprint density at radius 2 is 1.71 bits per heavy atom. The van der Waals surface area contributed by atoms with Crippen molar-refractivity contribution in [1.82, 2.24) is 4.90 Å². The summed E-state index contributed by atoms with van der Waals surface area (Å²) in [5.74, 6) is 0.854. The predicted molar refractivity (Wildman–Crippen MR) is 88.7 cm³/mol. The monoisotopic (exact) mass is 288 g/mol. The third-order valence-electron chi connectivity index (χ3n) is 4.20. The number of nitrogens with zero attached hydrogens (tertiary/aromatic N) is 1.